The predicted octanol–water partition coefficient (Wildman–Crippen LogP) is 4.63. The minimum Gasteiger partial charge on any atom is -0.508 e. The number of aromatic hydroxyl groups is 1. The SMILES string of the molecule is Cc1c(C(=O)Nc2ccc(F)cc2)sc2c1C(c1cccc(O)c1)CC(=O)N2. The third-order valence-corrected chi connectivity index (χ3v) is 5.99. The lowest BCUT2D eigenvalue weighted by Crippen LogP contribution is -2.22. The Morgan fingerprint density at radius 3 is 2.71 bits per heavy atom. The summed E-state index contributed by atoms with van der Waals surface area (Å²) >= 11 is 1.22. The molecule has 1 unspecified atom stereocenters. The molecule has 2 heterocycles. The van der Waals surface area contributed by atoms with E-state index in [1.165, 1.54) is 35.6 Å². The molecule has 3 N–H and O–H groups in total. The minimum atomic E-state index is -0.377. The standard InChI is InChI=1S/C21H17FN2O3S/c1-11-18-16(12-3-2-4-15(25)9-12)10-17(26)24-21(18)28-19(11)20(27)23-14-7-5-13(22)6-8-14/h2-9,16,25H,10H2,1H3,(H,23,27)(H,24,26). The van der Waals surface area contributed by atoms with Gasteiger partial charge in [-0.25, -0.2) is 4.39 Å². The molecule has 7 heteroatoms. The average Bonchev–Trinajstić information content (AvgIpc) is 2.99. The Balaban J connectivity index is 1.70. The monoisotopic (exact) mass is 396 g/mol. The zero-order valence-corrected chi connectivity index (χ0v) is 15.8. The lowest BCUT2D eigenvalue weighted by molar-refractivity contribution is -0.116. The minimum absolute atomic E-state index is 0.132. The number of carbonyl (C=O) groups excluding carboxylic acids is 2. The van der Waals surface area contributed by atoms with E-state index in [1.54, 1.807) is 18.2 Å². The number of hydrogen-bond acceptors (Lipinski definition) is 4. The second kappa shape index (κ2) is 7.09. The van der Waals surface area contributed by atoms with Crippen molar-refractivity contribution < 1.29 is 19.1 Å². The Hall–Kier alpha value is -3.19. The number of halogens is 1. The van der Waals surface area contributed by atoms with Gasteiger partial charge in [-0.3, -0.25) is 9.59 Å². The third kappa shape index (κ3) is 3.36. The number of phenols is 1. The van der Waals surface area contributed by atoms with E-state index in [1.807, 2.05) is 13.0 Å². The van der Waals surface area contributed by atoms with Crippen LogP contribution in [0.1, 0.15) is 38.7 Å². The second-order valence-electron chi connectivity index (χ2n) is 6.66. The smallest absolute Gasteiger partial charge is 0.266 e. The van der Waals surface area contributed by atoms with Crippen LogP contribution in [0, 0.1) is 12.7 Å². The van der Waals surface area contributed by atoms with Crippen LogP contribution in [0.25, 0.3) is 0 Å². The van der Waals surface area contributed by atoms with Crippen molar-refractivity contribution in [3.05, 3.63) is 75.9 Å². The van der Waals surface area contributed by atoms with Gasteiger partial charge in [0.15, 0.2) is 0 Å². The highest BCUT2D eigenvalue weighted by molar-refractivity contribution is 7.18. The maximum absolute atomic E-state index is 13.1. The number of hydrogen-bond donors (Lipinski definition) is 3. The molecule has 1 atom stereocenters. The summed E-state index contributed by atoms with van der Waals surface area (Å²) < 4.78 is 13.1. The Morgan fingerprint density at radius 2 is 2.00 bits per heavy atom. The van der Waals surface area contributed by atoms with E-state index in [9.17, 15) is 19.1 Å². The molecule has 3 aromatic rings. The first-order valence-corrected chi connectivity index (χ1v) is 9.53. The van der Waals surface area contributed by atoms with E-state index in [0.717, 1.165) is 16.7 Å². The molecule has 142 valence electrons. The molecule has 0 spiro atoms. The molecule has 0 saturated carbocycles. The average molecular weight is 396 g/mol. The quantitative estimate of drug-likeness (QED) is 0.604. The van der Waals surface area contributed by atoms with Gasteiger partial charge in [0.1, 0.15) is 11.6 Å². The van der Waals surface area contributed by atoms with Crippen LogP contribution in [0.4, 0.5) is 15.1 Å². The lowest BCUT2D eigenvalue weighted by Gasteiger charge is -2.24. The van der Waals surface area contributed by atoms with Crippen molar-refractivity contribution in [2.45, 2.75) is 19.3 Å². The molecule has 1 aromatic heterocycles. The summed E-state index contributed by atoms with van der Waals surface area (Å²) in [4.78, 5) is 25.5. The van der Waals surface area contributed by atoms with Gasteiger partial charge in [0, 0.05) is 18.0 Å². The van der Waals surface area contributed by atoms with Crippen LogP contribution in [0.2, 0.25) is 0 Å². The third-order valence-electron chi connectivity index (χ3n) is 4.77. The Bertz CT molecular complexity index is 1080. The topological polar surface area (TPSA) is 78.4 Å². The highest BCUT2D eigenvalue weighted by Crippen LogP contribution is 2.45. The first-order chi connectivity index (χ1) is 13.4. The summed E-state index contributed by atoms with van der Waals surface area (Å²) in [6.45, 7) is 1.85. The van der Waals surface area contributed by atoms with Crippen LogP contribution in [0.5, 0.6) is 5.75 Å². The summed E-state index contributed by atoms with van der Waals surface area (Å²) in [5, 5.41) is 16.1. The molecule has 2 amide bonds. The molecule has 28 heavy (non-hydrogen) atoms. The number of nitrogens with one attached hydrogen (secondary N) is 2. The van der Waals surface area contributed by atoms with E-state index in [4.69, 9.17) is 0 Å². The van der Waals surface area contributed by atoms with Gasteiger partial charge in [0.2, 0.25) is 5.91 Å². The number of anilines is 2. The van der Waals surface area contributed by atoms with Gasteiger partial charge in [-0.1, -0.05) is 12.1 Å². The van der Waals surface area contributed by atoms with Gasteiger partial charge in [-0.05, 0) is 60.0 Å². The highest BCUT2D eigenvalue weighted by Gasteiger charge is 2.33. The van der Waals surface area contributed by atoms with E-state index in [2.05, 4.69) is 10.6 Å². The predicted molar refractivity (Wildman–Crippen MR) is 107 cm³/mol. The number of rotatable bonds is 3. The molecule has 0 aliphatic carbocycles. The van der Waals surface area contributed by atoms with E-state index in [0.29, 0.717) is 15.6 Å². The van der Waals surface area contributed by atoms with Gasteiger partial charge in [-0.2, -0.15) is 0 Å². The molecule has 0 bridgehead atoms. The van der Waals surface area contributed by atoms with Crippen LogP contribution < -0.4 is 10.6 Å². The molecule has 0 saturated heterocycles. The van der Waals surface area contributed by atoms with Gasteiger partial charge in [0.25, 0.3) is 5.91 Å². The van der Waals surface area contributed by atoms with Crippen LogP contribution in [-0.2, 0) is 4.79 Å². The number of thiophene rings is 1. The van der Waals surface area contributed by atoms with Gasteiger partial charge < -0.3 is 15.7 Å². The fourth-order valence-electron chi connectivity index (χ4n) is 3.47. The zero-order valence-electron chi connectivity index (χ0n) is 15.0. The van der Waals surface area contributed by atoms with Crippen molar-refractivity contribution in [2.24, 2.45) is 0 Å². The summed E-state index contributed by atoms with van der Waals surface area (Å²) in [5.74, 6) is -0.927. The maximum Gasteiger partial charge on any atom is 0.266 e. The molecule has 0 fully saturated rings. The molecule has 0 radical (unpaired) electrons. The van der Waals surface area contributed by atoms with Crippen molar-refractivity contribution in [2.75, 3.05) is 10.6 Å². The molecule has 4 rings (SSSR count). The second-order valence-corrected chi connectivity index (χ2v) is 7.68. The Kier molecular flexibility index (Phi) is 4.60. The van der Waals surface area contributed by atoms with E-state index < -0.39 is 0 Å². The molecule has 1 aliphatic heterocycles. The first-order valence-electron chi connectivity index (χ1n) is 8.71. The maximum atomic E-state index is 13.1. The van der Waals surface area contributed by atoms with Crippen LogP contribution >= 0.6 is 11.3 Å². The van der Waals surface area contributed by atoms with Crippen LogP contribution in [0.15, 0.2) is 48.5 Å². The molecular weight excluding hydrogens is 379 g/mol. The molecule has 1 aliphatic rings. The first kappa shape index (κ1) is 18.2. The van der Waals surface area contributed by atoms with E-state index in [-0.39, 0.29) is 35.7 Å². The lowest BCUT2D eigenvalue weighted by atomic mass is 9.85. The fourth-order valence-corrected chi connectivity index (χ4v) is 4.65. The summed E-state index contributed by atoms with van der Waals surface area (Å²) in [5.41, 5.74) is 2.99. The number of phenolic OH excluding ortho intramolecular Hbond substituents is 1. The normalized spacial score (nSPS) is 15.6. The summed E-state index contributed by atoms with van der Waals surface area (Å²) in [7, 11) is 0. The van der Waals surface area contributed by atoms with Crippen molar-refractivity contribution >= 4 is 33.8 Å². The van der Waals surface area contributed by atoms with Gasteiger partial charge in [0.05, 0.1) is 9.88 Å². The number of amides is 2. The Labute approximate surface area is 164 Å². The van der Waals surface area contributed by atoms with Gasteiger partial charge in [-0.15, -0.1) is 11.3 Å². The van der Waals surface area contributed by atoms with E-state index >= 15 is 0 Å². The highest BCUT2D eigenvalue weighted by atomic mass is 32.1. The fraction of sp³-hybridized carbons (Fsp3) is 0.143. The molecular formula is C21H17FN2O3S. The summed E-state index contributed by atoms with van der Waals surface area (Å²) in [6, 6.07) is 12.4. The van der Waals surface area contributed by atoms with Crippen LogP contribution in [-0.4, -0.2) is 16.9 Å². The van der Waals surface area contributed by atoms with Crippen molar-refractivity contribution in [1.29, 1.82) is 0 Å². The number of carbonyl (C=O) groups is 2. The molecule has 2 aromatic carbocycles. The molecule has 5 nitrogen and oxygen atoms in total. The zero-order chi connectivity index (χ0) is 19.8. The number of fused-ring (bicyclic) bond motifs is 1. The van der Waals surface area contributed by atoms with Crippen molar-refractivity contribution in [3.63, 3.8) is 0 Å². The Morgan fingerprint density at radius 1 is 1.25 bits per heavy atom. The number of benzene rings is 2. The largest absolute Gasteiger partial charge is 0.508 e. The van der Waals surface area contributed by atoms with Crippen LogP contribution in [0.3, 0.4) is 0 Å². The van der Waals surface area contributed by atoms with Gasteiger partial charge >= 0.3 is 0 Å². The van der Waals surface area contributed by atoms with Crippen molar-refractivity contribution in [3.8, 4) is 5.75 Å². The van der Waals surface area contributed by atoms with Crippen molar-refractivity contribution in [1.82, 2.24) is 0 Å². The summed E-state index contributed by atoms with van der Waals surface area (Å²) in [6.07, 6.45) is 0.243.